The third-order valence-electron chi connectivity index (χ3n) is 2.10. The van der Waals surface area contributed by atoms with Gasteiger partial charge in [0.1, 0.15) is 0 Å². The number of benzene rings is 1. The quantitative estimate of drug-likeness (QED) is 0.633. The van der Waals surface area contributed by atoms with Crippen LogP contribution in [0.25, 0.3) is 0 Å². The van der Waals surface area contributed by atoms with Crippen molar-refractivity contribution < 1.29 is 0 Å². The molecule has 0 atom stereocenters. The number of aromatic nitrogens is 1. The van der Waals surface area contributed by atoms with Gasteiger partial charge in [0, 0.05) is 28.7 Å². The van der Waals surface area contributed by atoms with Crippen LogP contribution < -0.4 is 5.73 Å². The van der Waals surface area contributed by atoms with Gasteiger partial charge < -0.3 is 5.73 Å². The van der Waals surface area contributed by atoms with Gasteiger partial charge in [-0.3, -0.25) is 4.98 Å². The number of hydrogen-bond acceptors (Lipinski definition) is 3. The summed E-state index contributed by atoms with van der Waals surface area (Å²) in [6, 6.07) is 12.0. The lowest BCUT2D eigenvalue weighted by molar-refractivity contribution is 1.26. The SMILES string of the molecule is Nc1ccccc1CSc1ccncc1. The van der Waals surface area contributed by atoms with Gasteiger partial charge in [-0.05, 0) is 23.8 Å². The van der Waals surface area contributed by atoms with Gasteiger partial charge in [-0.1, -0.05) is 18.2 Å². The summed E-state index contributed by atoms with van der Waals surface area (Å²) in [4.78, 5) is 5.20. The molecule has 3 heteroatoms. The predicted octanol–water partition coefficient (Wildman–Crippen LogP) is 2.96. The molecule has 2 N–H and O–H groups in total. The molecule has 0 bridgehead atoms. The molecule has 0 amide bonds. The number of pyridine rings is 1. The van der Waals surface area contributed by atoms with Crippen molar-refractivity contribution in [3.05, 3.63) is 54.4 Å². The number of nitrogen functional groups attached to an aromatic ring is 1. The van der Waals surface area contributed by atoms with E-state index in [2.05, 4.69) is 11.1 Å². The zero-order chi connectivity index (χ0) is 10.5. The Hall–Kier alpha value is -1.48. The van der Waals surface area contributed by atoms with Crippen LogP contribution in [0, 0.1) is 0 Å². The first kappa shape index (κ1) is 10.1. The van der Waals surface area contributed by atoms with Crippen LogP contribution in [-0.2, 0) is 5.75 Å². The Morgan fingerprint density at radius 3 is 2.53 bits per heavy atom. The smallest absolute Gasteiger partial charge is 0.0355 e. The summed E-state index contributed by atoms with van der Waals surface area (Å²) < 4.78 is 0. The summed E-state index contributed by atoms with van der Waals surface area (Å²) in [5.74, 6) is 0.899. The summed E-state index contributed by atoms with van der Waals surface area (Å²) in [5.41, 5.74) is 7.90. The minimum absolute atomic E-state index is 0.860. The number of nitrogens with two attached hydrogens (primary N) is 1. The van der Waals surface area contributed by atoms with Crippen molar-refractivity contribution in [2.24, 2.45) is 0 Å². The first-order valence-corrected chi connectivity index (χ1v) is 5.71. The van der Waals surface area contributed by atoms with Gasteiger partial charge in [0.05, 0.1) is 0 Å². The van der Waals surface area contributed by atoms with Crippen LogP contribution in [0.4, 0.5) is 5.69 Å². The van der Waals surface area contributed by atoms with Crippen LogP contribution in [-0.4, -0.2) is 4.98 Å². The van der Waals surface area contributed by atoms with Crippen LogP contribution in [0.5, 0.6) is 0 Å². The molecular formula is C12H12N2S. The van der Waals surface area contributed by atoms with E-state index in [1.54, 1.807) is 24.2 Å². The van der Waals surface area contributed by atoms with Gasteiger partial charge in [0.25, 0.3) is 0 Å². The molecule has 0 aliphatic heterocycles. The second kappa shape index (κ2) is 4.84. The third kappa shape index (κ3) is 2.73. The van der Waals surface area contributed by atoms with Gasteiger partial charge in [-0.2, -0.15) is 0 Å². The molecule has 0 fully saturated rings. The molecule has 0 aliphatic carbocycles. The maximum absolute atomic E-state index is 5.86. The lowest BCUT2D eigenvalue weighted by atomic mass is 10.2. The number of anilines is 1. The predicted molar refractivity (Wildman–Crippen MR) is 64.7 cm³/mol. The molecule has 15 heavy (non-hydrogen) atoms. The normalized spacial score (nSPS) is 10.1. The van der Waals surface area contributed by atoms with E-state index >= 15 is 0 Å². The lowest BCUT2D eigenvalue weighted by Crippen LogP contribution is -1.91. The van der Waals surface area contributed by atoms with Gasteiger partial charge in [0.15, 0.2) is 0 Å². The molecule has 0 radical (unpaired) electrons. The summed E-state index contributed by atoms with van der Waals surface area (Å²) in [7, 11) is 0. The van der Waals surface area contributed by atoms with E-state index in [4.69, 9.17) is 5.73 Å². The van der Waals surface area contributed by atoms with Crippen LogP contribution in [0.1, 0.15) is 5.56 Å². The molecule has 76 valence electrons. The Kier molecular flexibility index (Phi) is 3.25. The van der Waals surface area contributed by atoms with Gasteiger partial charge in [0.2, 0.25) is 0 Å². The summed E-state index contributed by atoms with van der Waals surface area (Å²) >= 11 is 1.77. The first-order chi connectivity index (χ1) is 7.36. The molecule has 1 aromatic heterocycles. The Bertz CT molecular complexity index is 429. The number of thioether (sulfide) groups is 1. The molecule has 0 unspecified atom stereocenters. The second-order valence-corrected chi connectivity index (χ2v) is 4.22. The molecule has 0 saturated heterocycles. The number of para-hydroxylation sites is 1. The summed E-state index contributed by atoms with van der Waals surface area (Å²) in [5, 5.41) is 0. The summed E-state index contributed by atoms with van der Waals surface area (Å²) in [6.07, 6.45) is 3.60. The van der Waals surface area contributed by atoms with E-state index in [-0.39, 0.29) is 0 Å². The lowest BCUT2D eigenvalue weighted by Gasteiger charge is -2.04. The first-order valence-electron chi connectivity index (χ1n) is 4.72. The Balaban J connectivity index is 2.03. The van der Waals surface area contributed by atoms with Crippen LogP contribution in [0.15, 0.2) is 53.7 Å². The minimum Gasteiger partial charge on any atom is -0.398 e. The van der Waals surface area contributed by atoms with Crippen molar-refractivity contribution >= 4 is 17.4 Å². The minimum atomic E-state index is 0.860. The highest BCUT2D eigenvalue weighted by molar-refractivity contribution is 7.98. The monoisotopic (exact) mass is 216 g/mol. The van der Waals surface area contributed by atoms with Crippen molar-refractivity contribution in [3.8, 4) is 0 Å². The fraction of sp³-hybridized carbons (Fsp3) is 0.0833. The van der Waals surface area contributed by atoms with Gasteiger partial charge in [-0.15, -0.1) is 11.8 Å². The van der Waals surface area contributed by atoms with E-state index in [0.29, 0.717) is 0 Å². The molecule has 1 aromatic carbocycles. The molecule has 1 heterocycles. The van der Waals surface area contributed by atoms with Crippen LogP contribution >= 0.6 is 11.8 Å². The molecule has 0 saturated carbocycles. The van der Waals surface area contributed by atoms with E-state index in [1.807, 2.05) is 30.3 Å². The summed E-state index contributed by atoms with van der Waals surface area (Å²) in [6.45, 7) is 0. The van der Waals surface area contributed by atoms with Crippen molar-refractivity contribution in [1.82, 2.24) is 4.98 Å². The maximum atomic E-state index is 5.86. The molecule has 0 aliphatic rings. The molecular weight excluding hydrogens is 204 g/mol. The maximum Gasteiger partial charge on any atom is 0.0355 e. The molecule has 0 spiro atoms. The van der Waals surface area contributed by atoms with Crippen molar-refractivity contribution in [1.29, 1.82) is 0 Å². The fourth-order valence-corrected chi connectivity index (χ4v) is 2.16. The zero-order valence-electron chi connectivity index (χ0n) is 8.26. The van der Waals surface area contributed by atoms with Crippen LogP contribution in [0.2, 0.25) is 0 Å². The Morgan fingerprint density at radius 1 is 1.07 bits per heavy atom. The number of nitrogens with zero attached hydrogens (tertiary/aromatic N) is 1. The highest BCUT2D eigenvalue weighted by Gasteiger charge is 1.98. The second-order valence-electron chi connectivity index (χ2n) is 3.17. The highest BCUT2D eigenvalue weighted by atomic mass is 32.2. The van der Waals surface area contributed by atoms with E-state index in [1.165, 1.54) is 10.5 Å². The van der Waals surface area contributed by atoms with Crippen molar-refractivity contribution in [2.45, 2.75) is 10.6 Å². The number of hydrogen-bond donors (Lipinski definition) is 1. The molecule has 2 aromatic rings. The van der Waals surface area contributed by atoms with E-state index in [0.717, 1.165) is 11.4 Å². The standard InChI is InChI=1S/C12H12N2S/c13-12-4-2-1-3-10(12)9-15-11-5-7-14-8-6-11/h1-8H,9,13H2. The average molecular weight is 216 g/mol. The Morgan fingerprint density at radius 2 is 1.80 bits per heavy atom. The Labute approximate surface area is 93.5 Å². The third-order valence-corrected chi connectivity index (χ3v) is 3.16. The van der Waals surface area contributed by atoms with Crippen molar-refractivity contribution in [3.63, 3.8) is 0 Å². The van der Waals surface area contributed by atoms with Gasteiger partial charge in [-0.25, -0.2) is 0 Å². The average Bonchev–Trinajstić information content (AvgIpc) is 2.29. The number of rotatable bonds is 3. The van der Waals surface area contributed by atoms with Crippen molar-refractivity contribution in [2.75, 3.05) is 5.73 Å². The van der Waals surface area contributed by atoms with E-state index in [9.17, 15) is 0 Å². The van der Waals surface area contributed by atoms with Gasteiger partial charge >= 0.3 is 0 Å². The highest BCUT2D eigenvalue weighted by Crippen LogP contribution is 2.24. The van der Waals surface area contributed by atoms with Crippen LogP contribution in [0.3, 0.4) is 0 Å². The zero-order valence-corrected chi connectivity index (χ0v) is 9.08. The molecule has 2 nitrogen and oxygen atoms in total. The topological polar surface area (TPSA) is 38.9 Å². The molecule has 2 rings (SSSR count). The fourth-order valence-electron chi connectivity index (χ4n) is 1.26. The van der Waals surface area contributed by atoms with E-state index < -0.39 is 0 Å². The largest absolute Gasteiger partial charge is 0.398 e.